The van der Waals surface area contributed by atoms with E-state index in [1.807, 2.05) is 0 Å². The zero-order valence-corrected chi connectivity index (χ0v) is 15.5. The molecule has 0 fully saturated rings. The Morgan fingerprint density at radius 3 is 1.86 bits per heavy atom. The molecule has 0 saturated carbocycles. The number of hydrogen-bond donors (Lipinski definition) is 2. The second-order valence-electron chi connectivity index (χ2n) is 6.75. The molecule has 0 unspecified atom stereocenters. The number of Topliss-reactive ketones (excluding diaryl/α,β-unsaturated/α-hetero) is 1. The zero-order chi connectivity index (χ0) is 21.1. The Morgan fingerprint density at radius 1 is 0.821 bits per heavy atom. The van der Waals surface area contributed by atoms with Gasteiger partial charge in [0, 0.05) is 16.9 Å². The summed E-state index contributed by atoms with van der Waals surface area (Å²) in [4.78, 5) is 36.4. The third-order valence-corrected chi connectivity index (χ3v) is 4.13. The number of amides is 2. The monoisotopic (exact) mass is 392 g/mol. The molecule has 8 heteroatoms. The van der Waals surface area contributed by atoms with Crippen LogP contribution in [0.1, 0.15) is 36.7 Å². The van der Waals surface area contributed by atoms with Crippen LogP contribution in [0.4, 0.5) is 24.5 Å². The minimum atomic E-state index is -4.48. The molecule has 0 aliphatic carbocycles. The van der Waals surface area contributed by atoms with Crippen LogP contribution in [-0.4, -0.2) is 17.6 Å². The summed E-state index contributed by atoms with van der Waals surface area (Å²) in [6, 6.07) is 10.2. The molecule has 0 aromatic heterocycles. The molecule has 148 valence electrons. The van der Waals surface area contributed by atoms with Crippen LogP contribution in [0, 0.1) is 5.41 Å². The average Bonchev–Trinajstić information content (AvgIpc) is 2.61. The molecule has 2 amide bonds. The molecule has 0 heterocycles. The molecule has 2 aromatic rings. The fraction of sp³-hybridized carbons (Fsp3) is 0.250. The summed E-state index contributed by atoms with van der Waals surface area (Å²) >= 11 is 0. The Bertz CT molecular complexity index is 904. The Labute approximate surface area is 159 Å². The van der Waals surface area contributed by atoms with E-state index in [9.17, 15) is 27.6 Å². The molecular formula is C20H19F3N2O3. The minimum absolute atomic E-state index is 0.137. The lowest BCUT2D eigenvalue weighted by Gasteiger charge is -2.23. The third kappa shape index (κ3) is 4.97. The normalized spacial score (nSPS) is 11.6. The predicted molar refractivity (Wildman–Crippen MR) is 98.9 cm³/mol. The second-order valence-corrected chi connectivity index (χ2v) is 6.75. The van der Waals surface area contributed by atoms with E-state index in [4.69, 9.17) is 0 Å². The first-order chi connectivity index (χ1) is 12.9. The fourth-order valence-electron chi connectivity index (χ4n) is 2.24. The third-order valence-electron chi connectivity index (χ3n) is 4.13. The van der Waals surface area contributed by atoms with Gasteiger partial charge in [0.1, 0.15) is 5.41 Å². The van der Waals surface area contributed by atoms with Gasteiger partial charge in [0.15, 0.2) is 5.78 Å². The van der Waals surface area contributed by atoms with Gasteiger partial charge >= 0.3 is 6.18 Å². The Morgan fingerprint density at radius 2 is 1.36 bits per heavy atom. The summed E-state index contributed by atoms with van der Waals surface area (Å²) < 4.78 is 37.8. The number of carbonyl (C=O) groups is 3. The van der Waals surface area contributed by atoms with Crippen molar-refractivity contribution in [3.63, 3.8) is 0 Å². The quantitative estimate of drug-likeness (QED) is 0.581. The summed E-state index contributed by atoms with van der Waals surface area (Å²) in [5, 5.41) is 5.01. The lowest BCUT2D eigenvalue weighted by atomic mass is 9.90. The molecule has 5 nitrogen and oxygen atoms in total. The summed E-state index contributed by atoms with van der Waals surface area (Å²) in [6.07, 6.45) is -4.48. The first-order valence-corrected chi connectivity index (χ1v) is 8.32. The van der Waals surface area contributed by atoms with Crippen molar-refractivity contribution in [2.45, 2.75) is 26.9 Å². The molecule has 0 spiro atoms. The van der Waals surface area contributed by atoms with E-state index in [2.05, 4.69) is 10.6 Å². The first-order valence-electron chi connectivity index (χ1n) is 8.32. The van der Waals surface area contributed by atoms with Gasteiger partial charge in [-0.2, -0.15) is 13.2 Å². The van der Waals surface area contributed by atoms with Gasteiger partial charge in [0.2, 0.25) is 11.8 Å². The number of anilines is 2. The van der Waals surface area contributed by atoms with Crippen LogP contribution in [0.25, 0.3) is 0 Å². The highest BCUT2D eigenvalue weighted by Crippen LogP contribution is 2.30. The van der Waals surface area contributed by atoms with Crippen molar-refractivity contribution < 1.29 is 27.6 Å². The molecule has 0 atom stereocenters. The summed E-state index contributed by atoms with van der Waals surface area (Å²) in [6.45, 7) is 4.16. The fourth-order valence-corrected chi connectivity index (χ4v) is 2.24. The van der Waals surface area contributed by atoms with Crippen molar-refractivity contribution in [3.05, 3.63) is 59.7 Å². The van der Waals surface area contributed by atoms with Crippen LogP contribution >= 0.6 is 0 Å². The van der Waals surface area contributed by atoms with Crippen LogP contribution in [0.15, 0.2) is 48.5 Å². The molecule has 0 aliphatic heterocycles. The van der Waals surface area contributed by atoms with Crippen molar-refractivity contribution in [1.82, 2.24) is 0 Å². The van der Waals surface area contributed by atoms with E-state index in [1.54, 1.807) is 18.2 Å². The van der Waals surface area contributed by atoms with Gasteiger partial charge in [-0.3, -0.25) is 14.4 Å². The average molecular weight is 392 g/mol. The van der Waals surface area contributed by atoms with Crippen LogP contribution < -0.4 is 10.6 Å². The first kappa shape index (κ1) is 21.1. The number of rotatable bonds is 5. The van der Waals surface area contributed by atoms with Gasteiger partial charge < -0.3 is 10.6 Å². The summed E-state index contributed by atoms with van der Waals surface area (Å²) in [5.74, 6) is -1.49. The topological polar surface area (TPSA) is 75.3 Å². The van der Waals surface area contributed by atoms with Crippen LogP contribution in [0.2, 0.25) is 0 Å². The van der Waals surface area contributed by atoms with E-state index < -0.39 is 29.0 Å². The molecule has 0 radical (unpaired) electrons. The van der Waals surface area contributed by atoms with E-state index >= 15 is 0 Å². The molecule has 2 N–H and O–H groups in total. The van der Waals surface area contributed by atoms with Gasteiger partial charge in [-0.25, -0.2) is 0 Å². The zero-order valence-electron chi connectivity index (χ0n) is 15.5. The van der Waals surface area contributed by atoms with Gasteiger partial charge in [-0.05, 0) is 57.2 Å². The summed E-state index contributed by atoms with van der Waals surface area (Å²) in [5.41, 5.74) is -1.46. The minimum Gasteiger partial charge on any atom is -0.325 e. The highest BCUT2D eigenvalue weighted by Gasteiger charge is 2.36. The number of nitrogens with one attached hydrogen (secondary N) is 2. The predicted octanol–water partition coefficient (Wildman–Crippen LogP) is 4.51. The van der Waals surface area contributed by atoms with Crippen molar-refractivity contribution >= 4 is 29.0 Å². The Kier molecular flexibility index (Phi) is 5.92. The SMILES string of the molecule is CC(=O)c1cccc(NC(=O)C(C)(C)C(=O)Nc2ccc(C(F)(F)F)cc2)c1. The van der Waals surface area contributed by atoms with Gasteiger partial charge in [-0.1, -0.05) is 12.1 Å². The van der Waals surface area contributed by atoms with Crippen LogP contribution in [-0.2, 0) is 15.8 Å². The lowest BCUT2D eigenvalue weighted by Crippen LogP contribution is -2.41. The maximum absolute atomic E-state index is 12.6. The van der Waals surface area contributed by atoms with Crippen molar-refractivity contribution in [2.24, 2.45) is 5.41 Å². The van der Waals surface area contributed by atoms with E-state index in [-0.39, 0.29) is 11.5 Å². The molecule has 2 aromatic carbocycles. The number of alkyl halides is 3. The van der Waals surface area contributed by atoms with Gasteiger partial charge in [-0.15, -0.1) is 0 Å². The molecule has 2 rings (SSSR count). The van der Waals surface area contributed by atoms with Crippen molar-refractivity contribution in [1.29, 1.82) is 0 Å². The highest BCUT2D eigenvalue weighted by atomic mass is 19.4. The molecule has 28 heavy (non-hydrogen) atoms. The molecular weight excluding hydrogens is 373 g/mol. The lowest BCUT2D eigenvalue weighted by molar-refractivity contribution is -0.137. The maximum atomic E-state index is 12.6. The number of benzene rings is 2. The Hall–Kier alpha value is -3.16. The van der Waals surface area contributed by atoms with Gasteiger partial charge in [0.05, 0.1) is 5.56 Å². The standard InChI is InChI=1S/C20H19F3N2O3/c1-12(26)13-5-4-6-16(11-13)25-18(28)19(2,3)17(27)24-15-9-7-14(8-10-15)20(21,22)23/h4-11H,1-3H3,(H,24,27)(H,25,28). The Balaban J connectivity index is 2.10. The largest absolute Gasteiger partial charge is 0.416 e. The van der Waals surface area contributed by atoms with E-state index in [1.165, 1.54) is 26.8 Å². The molecule has 0 bridgehead atoms. The smallest absolute Gasteiger partial charge is 0.325 e. The van der Waals surface area contributed by atoms with Crippen molar-refractivity contribution in [3.8, 4) is 0 Å². The van der Waals surface area contributed by atoms with Crippen LogP contribution in [0.3, 0.4) is 0 Å². The van der Waals surface area contributed by atoms with Crippen LogP contribution in [0.5, 0.6) is 0 Å². The molecule has 0 saturated heterocycles. The maximum Gasteiger partial charge on any atom is 0.416 e. The molecule has 0 aliphatic rings. The summed E-state index contributed by atoms with van der Waals surface area (Å²) in [7, 11) is 0. The number of hydrogen-bond acceptors (Lipinski definition) is 3. The van der Waals surface area contributed by atoms with Gasteiger partial charge in [0.25, 0.3) is 0 Å². The number of ketones is 1. The highest BCUT2D eigenvalue weighted by molar-refractivity contribution is 6.14. The van der Waals surface area contributed by atoms with E-state index in [0.717, 1.165) is 24.3 Å². The number of carbonyl (C=O) groups excluding carboxylic acids is 3. The van der Waals surface area contributed by atoms with E-state index in [0.29, 0.717) is 11.3 Å². The van der Waals surface area contributed by atoms with Crippen molar-refractivity contribution in [2.75, 3.05) is 10.6 Å². The number of halogens is 3. The second kappa shape index (κ2) is 7.84.